The van der Waals surface area contributed by atoms with E-state index in [0.717, 1.165) is 55.3 Å². The Bertz CT molecular complexity index is 1510. The lowest BCUT2D eigenvalue weighted by Gasteiger charge is -2.44. The van der Waals surface area contributed by atoms with Crippen LogP contribution >= 0.6 is 11.8 Å². The number of benzene rings is 3. The number of fused-ring (bicyclic) bond motifs is 1. The first-order valence-corrected chi connectivity index (χ1v) is 18.2. The van der Waals surface area contributed by atoms with Gasteiger partial charge in [0.1, 0.15) is 0 Å². The smallest absolute Gasteiger partial charge is 0.260 e. The maximum Gasteiger partial charge on any atom is 0.260 e. The maximum absolute atomic E-state index is 13.9. The summed E-state index contributed by atoms with van der Waals surface area (Å²) in [6.07, 6.45) is 11.3. The number of hydrogen-bond donors (Lipinski definition) is 1. The number of carbonyl (C=O) groups is 2. The topological polar surface area (TPSA) is 52.7 Å². The number of nitrogens with zero attached hydrogens (tertiary/aromatic N) is 2. The molecule has 3 aromatic carbocycles. The molecule has 0 spiro atoms. The summed E-state index contributed by atoms with van der Waals surface area (Å²) in [5.41, 5.74) is 6.78. The minimum atomic E-state index is -0.0337. The average Bonchev–Trinajstić information content (AvgIpc) is 3.08. The second-order valence-corrected chi connectivity index (χ2v) is 14.9. The zero-order chi connectivity index (χ0) is 31.9. The third-order valence-electron chi connectivity index (χ3n) is 10.1. The zero-order valence-corrected chi connectivity index (χ0v) is 28.4. The van der Waals surface area contributed by atoms with Crippen LogP contribution in [0.5, 0.6) is 0 Å². The average molecular weight is 636 g/mol. The van der Waals surface area contributed by atoms with Gasteiger partial charge >= 0.3 is 0 Å². The Labute approximate surface area is 279 Å². The van der Waals surface area contributed by atoms with Crippen LogP contribution in [-0.4, -0.2) is 59.1 Å². The summed E-state index contributed by atoms with van der Waals surface area (Å²) in [6, 6.07) is 25.4. The predicted molar refractivity (Wildman–Crippen MR) is 191 cm³/mol. The lowest BCUT2D eigenvalue weighted by molar-refractivity contribution is -0.130. The van der Waals surface area contributed by atoms with Gasteiger partial charge in [0.05, 0.1) is 4.91 Å². The molecule has 3 aromatic rings. The fraction of sp³-hybridized carbons (Fsp3) is 0.450. The highest BCUT2D eigenvalue weighted by atomic mass is 32.2. The molecule has 2 heterocycles. The van der Waals surface area contributed by atoms with Gasteiger partial charge in [0, 0.05) is 29.9 Å². The molecule has 6 heteroatoms. The van der Waals surface area contributed by atoms with Gasteiger partial charge in [-0.1, -0.05) is 79.1 Å². The largest absolute Gasteiger partial charge is 0.352 e. The fourth-order valence-electron chi connectivity index (χ4n) is 7.37. The van der Waals surface area contributed by atoms with Crippen molar-refractivity contribution in [2.45, 2.75) is 83.1 Å². The lowest BCUT2D eigenvalue weighted by atomic mass is 9.90. The van der Waals surface area contributed by atoms with E-state index in [1.807, 2.05) is 30.3 Å². The van der Waals surface area contributed by atoms with E-state index in [2.05, 4.69) is 77.5 Å². The normalized spacial score (nSPS) is 21.7. The first-order chi connectivity index (χ1) is 22.4. The van der Waals surface area contributed by atoms with Crippen molar-refractivity contribution in [3.63, 3.8) is 0 Å². The number of rotatable bonds is 10. The van der Waals surface area contributed by atoms with Gasteiger partial charge in [-0.25, -0.2) is 0 Å². The van der Waals surface area contributed by atoms with E-state index in [0.29, 0.717) is 29.9 Å². The van der Waals surface area contributed by atoms with E-state index in [9.17, 15) is 9.59 Å². The van der Waals surface area contributed by atoms with E-state index in [-0.39, 0.29) is 11.8 Å². The molecule has 1 N–H and O–H groups in total. The van der Waals surface area contributed by atoms with Gasteiger partial charge in [-0.3, -0.25) is 9.59 Å². The van der Waals surface area contributed by atoms with Crippen LogP contribution in [0.3, 0.4) is 0 Å². The molecule has 2 aliphatic heterocycles. The number of carbonyl (C=O) groups excluding carboxylic acids is 2. The molecular formula is C40H49N3O2S. The Kier molecular flexibility index (Phi) is 11.0. The highest BCUT2D eigenvalue weighted by molar-refractivity contribution is 8.04. The second kappa shape index (κ2) is 15.5. The van der Waals surface area contributed by atoms with E-state index >= 15 is 0 Å². The van der Waals surface area contributed by atoms with Gasteiger partial charge < -0.3 is 15.1 Å². The summed E-state index contributed by atoms with van der Waals surface area (Å²) >= 11 is 1.76. The Morgan fingerprint density at radius 2 is 1.70 bits per heavy atom. The number of nitrogens with one attached hydrogen (secondary N) is 1. The van der Waals surface area contributed by atoms with Crippen molar-refractivity contribution >= 4 is 29.7 Å². The van der Waals surface area contributed by atoms with Gasteiger partial charge in [0.25, 0.3) is 11.8 Å². The molecule has 46 heavy (non-hydrogen) atoms. The van der Waals surface area contributed by atoms with Crippen molar-refractivity contribution in [1.82, 2.24) is 15.1 Å². The molecule has 3 fully saturated rings. The molecule has 2 unspecified atom stereocenters. The Hall–Kier alpha value is -3.35. The monoisotopic (exact) mass is 635 g/mol. The number of amides is 2. The quantitative estimate of drug-likeness (QED) is 0.182. The first kappa shape index (κ1) is 32.6. The summed E-state index contributed by atoms with van der Waals surface area (Å²) in [5, 5.41) is 3.55. The molecule has 1 saturated carbocycles. The highest BCUT2D eigenvalue weighted by Crippen LogP contribution is 2.43. The van der Waals surface area contributed by atoms with E-state index < -0.39 is 0 Å². The van der Waals surface area contributed by atoms with Gasteiger partial charge in [-0.2, -0.15) is 0 Å². The molecule has 0 bridgehead atoms. The molecule has 0 aromatic heterocycles. The molecule has 242 valence electrons. The first-order valence-electron chi connectivity index (χ1n) is 17.3. The summed E-state index contributed by atoms with van der Waals surface area (Å²) < 4.78 is 0. The minimum absolute atomic E-state index is 0.0337. The number of hydrogen-bond acceptors (Lipinski definition) is 4. The Balaban J connectivity index is 0.992. The third-order valence-corrected chi connectivity index (χ3v) is 11.5. The zero-order valence-electron chi connectivity index (χ0n) is 27.5. The lowest BCUT2D eigenvalue weighted by Crippen LogP contribution is -2.50. The van der Waals surface area contributed by atoms with Crippen LogP contribution in [0, 0.1) is 19.8 Å². The third kappa shape index (κ3) is 8.32. The predicted octanol–water partition coefficient (Wildman–Crippen LogP) is 7.81. The van der Waals surface area contributed by atoms with Crippen LogP contribution in [0.2, 0.25) is 0 Å². The molecule has 6 rings (SSSR count). The van der Waals surface area contributed by atoms with Crippen molar-refractivity contribution in [3.8, 4) is 0 Å². The van der Waals surface area contributed by atoms with Crippen LogP contribution in [0.4, 0.5) is 0 Å². The standard InChI is InChI=1S/C40H49N3O2S/c1-29-13-14-30(2)35(25-29)28-43-36-11-6-7-12-37(36)46-38(40(43)45)27-32-15-17-34(18-16-32)39(44)41-21-8-22-42-23-19-33(20-24-42)26-31-9-4-3-5-10-31/h3-5,9-10,13-18,25,27,33,36-37H,6-8,11-12,19-24,26,28H2,1-2H3,(H,41,44)/b38-27-. The number of aryl methyl sites for hydroxylation is 2. The van der Waals surface area contributed by atoms with Gasteiger partial charge in [-0.15, -0.1) is 11.8 Å². The van der Waals surface area contributed by atoms with Crippen molar-refractivity contribution in [2.75, 3.05) is 26.2 Å². The van der Waals surface area contributed by atoms with E-state index in [1.165, 1.54) is 54.4 Å². The Morgan fingerprint density at radius 3 is 2.48 bits per heavy atom. The number of piperidine rings is 1. The van der Waals surface area contributed by atoms with Gasteiger partial charge in [0.15, 0.2) is 0 Å². The van der Waals surface area contributed by atoms with Crippen LogP contribution in [-0.2, 0) is 17.8 Å². The van der Waals surface area contributed by atoms with Crippen LogP contribution in [0.15, 0.2) is 77.7 Å². The summed E-state index contributed by atoms with van der Waals surface area (Å²) in [6.45, 7) is 8.92. The minimum Gasteiger partial charge on any atom is -0.352 e. The molecule has 1 aliphatic carbocycles. The van der Waals surface area contributed by atoms with Crippen molar-refractivity contribution in [3.05, 3.63) is 111 Å². The summed E-state index contributed by atoms with van der Waals surface area (Å²) in [5.74, 6) is 0.878. The summed E-state index contributed by atoms with van der Waals surface area (Å²) in [7, 11) is 0. The molecule has 3 aliphatic rings. The van der Waals surface area contributed by atoms with Crippen molar-refractivity contribution in [2.24, 2.45) is 5.92 Å². The summed E-state index contributed by atoms with van der Waals surface area (Å²) in [4.78, 5) is 32.3. The molecule has 2 atom stereocenters. The SMILES string of the molecule is Cc1ccc(C)c(CN2C(=O)/C(=C/c3ccc(C(=O)NCCCN4CCC(Cc5ccccc5)CC4)cc3)SC3CCCCC32)c1. The molecule has 2 saturated heterocycles. The van der Waals surface area contributed by atoms with Crippen LogP contribution < -0.4 is 5.32 Å². The molecular weight excluding hydrogens is 587 g/mol. The van der Waals surface area contributed by atoms with Crippen molar-refractivity contribution in [1.29, 1.82) is 0 Å². The molecule has 0 radical (unpaired) electrons. The van der Waals surface area contributed by atoms with Gasteiger partial charge in [-0.05, 0) is 118 Å². The number of likely N-dealkylation sites (tertiary alicyclic amines) is 1. The van der Waals surface area contributed by atoms with Crippen LogP contribution in [0.1, 0.15) is 83.1 Å². The maximum atomic E-state index is 13.9. The number of thioether (sulfide) groups is 1. The molecule has 2 amide bonds. The van der Waals surface area contributed by atoms with E-state index in [1.54, 1.807) is 11.8 Å². The van der Waals surface area contributed by atoms with Crippen LogP contribution in [0.25, 0.3) is 6.08 Å². The van der Waals surface area contributed by atoms with Gasteiger partial charge in [0.2, 0.25) is 0 Å². The molecule has 5 nitrogen and oxygen atoms in total. The second-order valence-electron chi connectivity index (χ2n) is 13.6. The Morgan fingerprint density at radius 1 is 0.935 bits per heavy atom. The highest BCUT2D eigenvalue weighted by Gasteiger charge is 2.40. The van der Waals surface area contributed by atoms with Crippen molar-refractivity contribution < 1.29 is 9.59 Å². The fourth-order valence-corrected chi connectivity index (χ4v) is 8.84. The van der Waals surface area contributed by atoms with E-state index in [4.69, 9.17) is 0 Å².